The zero-order valence-corrected chi connectivity index (χ0v) is 13.2. The van der Waals surface area contributed by atoms with Crippen molar-refractivity contribution in [2.75, 3.05) is 7.11 Å². The molecule has 0 aromatic heterocycles. The zero-order chi connectivity index (χ0) is 17.6. The number of esters is 1. The van der Waals surface area contributed by atoms with E-state index in [9.17, 15) is 22.8 Å². The Balaban J connectivity index is 2.81. The molecule has 23 heavy (non-hydrogen) atoms. The number of carbonyl (C=O) groups is 2. The predicted molar refractivity (Wildman–Crippen MR) is 78.5 cm³/mol. The highest BCUT2D eigenvalue weighted by Crippen LogP contribution is 2.29. The van der Waals surface area contributed by atoms with Crippen molar-refractivity contribution >= 4 is 11.9 Å². The standard InChI is InChI=1S/C16H20F3NO3/c1-10(2)8-14(21)20-13(15(22)23-3)9-11-4-6-12(7-5-11)16(17,18)19/h4-7,10,13H,8-9H2,1-3H3,(H,20,21)/t13-/m1/s1. The summed E-state index contributed by atoms with van der Waals surface area (Å²) in [6.45, 7) is 3.73. The van der Waals surface area contributed by atoms with E-state index in [2.05, 4.69) is 10.1 Å². The van der Waals surface area contributed by atoms with E-state index in [1.54, 1.807) is 0 Å². The van der Waals surface area contributed by atoms with Gasteiger partial charge >= 0.3 is 12.1 Å². The summed E-state index contributed by atoms with van der Waals surface area (Å²) in [7, 11) is 1.19. The van der Waals surface area contributed by atoms with Crippen molar-refractivity contribution in [1.82, 2.24) is 5.32 Å². The van der Waals surface area contributed by atoms with Gasteiger partial charge in [-0.2, -0.15) is 13.2 Å². The number of amides is 1. The van der Waals surface area contributed by atoms with Crippen LogP contribution in [0.5, 0.6) is 0 Å². The molecule has 1 atom stereocenters. The first-order valence-corrected chi connectivity index (χ1v) is 7.16. The Morgan fingerprint density at radius 2 is 1.74 bits per heavy atom. The second kappa shape index (κ2) is 7.99. The summed E-state index contributed by atoms with van der Waals surface area (Å²) in [6, 6.07) is 3.53. The number of methoxy groups -OCH3 is 1. The van der Waals surface area contributed by atoms with Gasteiger partial charge in [-0.3, -0.25) is 4.79 Å². The highest BCUT2D eigenvalue weighted by molar-refractivity contribution is 5.84. The minimum Gasteiger partial charge on any atom is -0.467 e. The molecule has 0 aliphatic carbocycles. The molecule has 0 radical (unpaired) electrons. The molecule has 0 fully saturated rings. The van der Waals surface area contributed by atoms with Gasteiger partial charge in [0.1, 0.15) is 6.04 Å². The molecule has 0 unspecified atom stereocenters. The molecule has 1 aromatic carbocycles. The van der Waals surface area contributed by atoms with Crippen LogP contribution in [0.15, 0.2) is 24.3 Å². The average Bonchev–Trinajstić information content (AvgIpc) is 2.44. The predicted octanol–water partition coefficient (Wildman–Crippen LogP) is 2.95. The summed E-state index contributed by atoms with van der Waals surface area (Å²) >= 11 is 0. The third-order valence-electron chi connectivity index (χ3n) is 3.14. The molecule has 1 rings (SSSR count). The van der Waals surface area contributed by atoms with Gasteiger partial charge in [0.2, 0.25) is 5.91 Å². The van der Waals surface area contributed by atoms with Crippen molar-refractivity contribution in [2.45, 2.75) is 38.9 Å². The van der Waals surface area contributed by atoms with Crippen LogP contribution in [0.25, 0.3) is 0 Å². The lowest BCUT2D eigenvalue weighted by atomic mass is 10.0. The van der Waals surface area contributed by atoms with Gasteiger partial charge in [0.05, 0.1) is 12.7 Å². The smallest absolute Gasteiger partial charge is 0.416 e. The van der Waals surface area contributed by atoms with E-state index in [4.69, 9.17) is 0 Å². The summed E-state index contributed by atoms with van der Waals surface area (Å²) in [6.07, 6.45) is -4.10. The molecule has 1 aromatic rings. The Morgan fingerprint density at radius 3 is 2.17 bits per heavy atom. The summed E-state index contributed by atoms with van der Waals surface area (Å²) in [5.41, 5.74) is -0.266. The molecule has 0 aliphatic rings. The molecule has 1 N–H and O–H groups in total. The van der Waals surface area contributed by atoms with E-state index in [1.807, 2.05) is 13.8 Å². The highest BCUT2D eigenvalue weighted by atomic mass is 19.4. The van der Waals surface area contributed by atoms with Crippen LogP contribution in [0.1, 0.15) is 31.4 Å². The minimum atomic E-state index is -4.41. The van der Waals surface area contributed by atoms with Crippen molar-refractivity contribution < 1.29 is 27.5 Å². The third kappa shape index (κ3) is 6.30. The number of nitrogens with one attached hydrogen (secondary N) is 1. The number of rotatable bonds is 6. The fourth-order valence-corrected chi connectivity index (χ4v) is 2.03. The second-order valence-electron chi connectivity index (χ2n) is 5.64. The number of carbonyl (C=O) groups excluding carboxylic acids is 2. The molecular formula is C16H20F3NO3. The third-order valence-corrected chi connectivity index (χ3v) is 3.14. The average molecular weight is 331 g/mol. The topological polar surface area (TPSA) is 55.4 Å². The Kier molecular flexibility index (Phi) is 6.60. The molecule has 0 aliphatic heterocycles. The highest BCUT2D eigenvalue weighted by Gasteiger charge is 2.30. The van der Waals surface area contributed by atoms with Crippen LogP contribution in [0.3, 0.4) is 0 Å². The molecular weight excluding hydrogens is 311 g/mol. The van der Waals surface area contributed by atoms with Crippen LogP contribution < -0.4 is 5.32 Å². The van der Waals surface area contributed by atoms with Gasteiger partial charge in [0, 0.05) is 12.8 Å². The summed E-state index contributed by atoms with van der Waals surface area (Å²) in [4.78, 5) is 23.5. The first kappa shape index (κ1) is 19.0. The van der Waals surface area contributed by atoms with Crippen LogP contribution in [-0.4, -0.2) is 25.0 Å². The van der Waals surface area contributed by atoms with Gasteiger partial charge < -0.3 is 10.1 Å². The van der Waals surface area contributed by atoms with Crippen LogP contribution in [-0.2, 0) is 26.9 Å². The fourth-order valence-electron chi connectivity index (χ4n) is 2.03. The van der Waals surface area contributed by atoms with E-state index < -0.39 is 23.8 Å². The summed E-state index contributed by atoms with van der Waals surface area (Å²) in [5.74, 6) is -0.816. The lowest BCUT2D eigenvalue weighted by Crippen LogP contribution is -2.43. The number of ether oxygens (including phenoxy) is 1. The summed E-state index contributed by atoms with van der Waals surface area (Å²) < 4.78 is 42.2. The first-order valence-electron chi connectivity index (χ1n) is 7.16. The fraction of sp³-hybridized carbons (Fsp3) is 0.500. The van der Waals surface area contributed by atoms with E-state index in [1.165, 1.54) is 19.2 Å². The maximum atomic E-state index is 12.5. The molecule has 7 heteroatoms. The monoisotopic (exact) mass is 331 g/mol. The van der Waals surface area contributed by atoms with E-state index >= 15 is 0 Å². The SMILES string of the molecule is COC(=O)[C@@H](Cc1ccc(C(F)(F)F)cc1)NC(=O)CC(C)C. The lowest BCUT2D eigenvalue weighted by molar-refractivity contribution is -0.145. The van der Waals surface area contributed by atoms with Crippen molar-refractivity contribution in [1.29, 1.82) is 0 Å². The van der Waals surface area contributed by atoms with Crippen LogP contribution >= 0.6 is 0 Å². The van der Waals surface area contributed by atoms with Gasteiger partial charge in [0.25, 0.3) is 0 Å². The van der Waals surface area contributed by atoms with Crippen LogP contribution in [0.2, 0.25) is 0 Å². The molecule has 4 nitrogen and oxygen atoms in total. The minimum absolute atomic E-state index is 0.0641. The van der Waals surface area contributed by atoms with Gasteiger partial charge in [-0.25, -0.2) is 4.79 Å². The normalized spacial score (nSPS) is 12.8. The lowest BCUT2D eigenvalue weighted by Gasteiger charge is -2.17. The molecule has 0 saturated carbocycles. The Labute approximate surface area is 133 Å². The largest absolute Gasteiger partial charge is 0.467 e. The second-order valence-corrected chi connectivity index (χ2v) is 5.64. The maximum absolute atomic E-state index is 12.5. The quantitative estimate of drug-likeness (QED) is 0.816. The number of hydrogen-bond acceptors (Lipinski definition) is 3. The van der Waals surface area contributed by atoms with Crippen molar-refractivity contribution in [2.24, 2.45) is 5.92 Å². The number of hydrogen-bond donors (Lipinski definition) is 1. The van der Waals surface area contributed by atoms with Crippen molar-refractivity contribution in [3.05, 3.63) is 35.4 Å². The number of halogens is 3. The Bertz CT molecular complexity index is 538. The maximum Gasteiger partial charge on any atom is 0.416 e. The molecule has 0 heterocycles. The van der Waals surface area contributed by atoms with Gasteiger partial charge in [-0.1, -0.05) is 26.0 Å². The first-order chi connectivity index (χ1) is 10.6. The van der Waals surface area contributed by atoms with E-state index in [0.717, 1.165) is 12.1 Å². The van der Waals surface area contributed by atoms with Crippen molar-refractivity contribution in [3.8, 4) is 0 Å². The molecule has 0 spiro atoms. The van der Waals surface area contributed by atoms with Gasteiger partial charge in [-0.05, 0) is 23.6 Å². The molecule has 128 valence electrons. The Hall–Kier alpha value is -2.05. The van der Waals surface area contributed by atoms with Gasteiger partial charge in [-0.15, -0.1) is 0 Å². The zero-order valence-electron chi connectivity index (χ0n) is 13.2. The number of benzene rings is 1. The molecule has 0 saturated heterocycles. The van der Waals surface area contributed by atoms with Crippen LogP contribution in [0.4, 0.5) is 13.2 Å². The van der Waals surface area contributed by atoms with Gasteiger partial charge in [0.15, 0.2) is 0 Å². The summed E-state index contributed by atoms with van der Waals surface area (Å²) in [5, 5.41) is 2.56. The van der Waals surface area contributed by atoms with E-state index in [-0.39, 0.29) is 24.7 Å². The molecule has 0 bridgehead atoms. The van der Waals surface area contributed by atoms with E-state index in [0.29, 0.717) is 5.56 Å². The van der Waals surface area contributed by atoms with Crippen LogP contribution in [0, 0.1) is 5.92 Å². The van der Waals surface area contributed by atoms with Crippen molar-refractivity contribution in [3.63, 3.8) is 0 Å². The number of alkyl halides is 3. The Morgan fingerprint density at radius 1 is 1.17 bits per heavy atom. The molecule has 1 amide bonds.